The van der Waals surface area contributed by atoms with Gasteiger partial charge in [0, 0.05) is 17.3 Å². The van der Waals surface area contributed by atoms with Gasteiger partial charge in [-0.25, -0.2) is 9.78 Å². The van der Waals surface area contributed by atoms with Gasteiger partial charge in [-0.15, -0.1) is 0 Å². The molecule has 0 aliphatic heterocycles. The molecule has 1 heterocycles. The van der Waals surface area contributed by atoms with Crippen LogP contribution in [0.5, 0.6) is 0 Å². The largest absolute Gasteiger partial charge is 0.449 e. The molecule has 150 valence electrons. The number of ether oxygens (including phenoxy) is 1. The first-order valence-electron chi connectivity index (χ1n) is 9.08. The second-order valence-corrected chi connectivity index (χ2v) is 6.93. The Morgan fingerprint density at radius 3 is 2.55 bits per heavy atom. The SMILES string of the molecule is CCn1c(=O)c(C)nc2cc(C(=O)O[C@H](C)C(=O)Nc3ccc(Cl)cc3)ccc21. The van der Waals surface area contributed by atoms with Gasteiger partial charge >= 0.3 is 5.97 Å². The maximum Gasteiger partial charge on any atom is 0.338 e. The lowest BCUT2D eigenvalue weighted by atomic mass is 10.2. The molecule has 0 unspecified atom stereocenters. The Hall–Kier alpha value is -3.19. The summed E-state index contributed by atoms with van der Waals surface area (Å²) in [7, 11) is 0. The first-order chi connectivity index (χ1) is 13.8. The summed E-state index contributed by atoms with van der Waals surface area (Å²) in [4.78, 5) is 41.2. The first kappa shape index (κ1) is 20.5. The van der Waals surface area contributed by atoms with Crippen LogP contribution in [0.3, 0.4) is 0 Å². The Bertz CT molecular complexity index is 1140. The minimum Gasteiger partial charge on any atom is -0.449 e. The quantitative estimate of drug-likeness (QED) is 0.646. The molecule has 0 aliphatic carbocycles. The number of hydrogen-bond acceptors (Lipinski definition) is 5. The van der Waals surface area contributed by atoms with Crippen molar-refractivity contribution in [2.75, 3.05) is 5.32 Å². The molecule has 0 bridgehead atoms. The number of carbonyl (C=O) groups is 2. The monoisotopic (exact) mass is 413 g/mol. The third kappa shape index (κ3) is 4.46. The Balaban J connectivity index is 1.76. The van der Waals surface area contributed by atoms with Gasteiger partial charge in [-0.05, 0) is 63.2 Å². The number of anilines is 1. The molecule has 8 heteroatoms. The molecule has 1 amide bonds. The molecule has 0 spiro atoms. The number of benzene rings is 2. The Kier molecular flexibility index (Phi) is 5.98. The van der Waals surface area contributed by atoms with Crippen LogP contribution in [0.2, 0.25) is 5.02 Å². The number of rotatable bonds is 5. The van der Waals surface area contributed by atoms with Gasteiger partial charge in [0.05, 0.1) is 16.6 Å². The van der Waals surface area contributed by atoms with E-state index in [0.29, 0.717) is 34.0 Å². The highest BCUT2D eigenvalue weighted by Crippen LogP contribution is 2.16. The molecular weight excluding hydrogens is 394 g/mol. The highest BCUT2D eigenvalue weighted by molar-refractivity contribution is 6.30. The van der Waals surface area contributed by atoms with Gasteiger partial charge in [0.1, 0.15) is 5.69 Å². The molecule has 3 aromatic rings. The van der Waals surface area contributed by atoms with Crippen LogP contribution in [-0.4, -0.2) is 27.5 Å². The van der Waals surface area contributed by atoms with E-state index >= 15 is 0 Å². The summed E-state index contributed by atoms with van der Waals surface area (Å²) in [6.45, 7) is 5.47. The van der Waals surface area contributed by atoms with Gasteiger partial charge in [-0.2, -0.15) is 0 Å². The van der Waals surface area contributed by atoms with Crippen molar-refractivity contribution in [2.45, 2.75) is 33.4 Å². The molecule has 0 aliphatic rings. The van der Waals surface area contributed by atoms with Crippen molar-refractivity contribution >= 4 is 40.2 Å². The predicted octanol–water partition coefficient (Wildman–Crippen LogP) is 3.56. The number of halogens is 1. The standard InChI is InChI=1S/C21H20ClN3O4/c1-4-25-18-10-5-14(11-17(18)23-12(2)20(25)27)21(28)29-13(3)19(26)24-16-8-6-15(22)7-9-16/h5-11,13H,4H2,1-3H3,(H,24,26)/t13-/m1/s1. The summed E-state index contributed by atoms with van der Waals surface area (Å²) in [6, 6.07) is 11.4. The van der Waals surface area contributed by atoms with Crippen LogP contribution in [0.25, 0.3) is 11.0 Å². The number of hydrogen-bond donors (Lipinski definition) is 1. The second-order valence-electron chi connectivity index (χ2n) is 6.49. The highest BCUT2D eigenvalue weighted by atomic mass is 35.5. The molecule has 0 saturated carbocycles. The zero-order chi connectivity index (χ0) is 21.1. The zero-order valence-electron chi connectivity index (χ0n) is 16.2. The number of esters is 1. The van der Waals surface area contributed by atoms with Gasteiger partial charge < -0.3 is 14.6 Å². The number of carbonyl (C=O) groups excluding carboxylic acids is 2. The molecule has 1 N–H and O–H groups in total. The van der Waals surface area contributed by atoms with Crippen molar-refractivity contribution in [1.29, 1.82) is 0 Å². The van der Waals surface area contributed by atoms with Crippen LogP contribution < -0.4 is 10.9 Å². The fraction of sp³-hybridized carbons (Fsp3) is 0.238. The molecule has 1 aromatic heterocycles. The van der Waals surface area contributed by atoms with Crippen molar-refractivity contribution in [1.82, 2.24) is 9.55 Å². The van der Waals surface area contributed by atoms with Crippen molar-refractivity contribution in [2.24, 2.45) is 0 Å². The van der Waals surface area contributed by atoms with Gasteiger partial charge in [-0.3, -0.25) is 9.59 Å². The van der Waals surface area contributed by atoms with Crippen LogP contribution in [0.1, 0.15) is 29.9 Å². The van der Waals surface area contributed by atoms with E-state index in [0.717, 1.165) is 0 Å². The first-order valence-corrected chi connectivity index (χ1v) is 9.46. The fourth-order valence-electron chi connectivity index (χ4n) is 2.87. The van der Waals surface area contributed by atoms with Crippen LogP contribution in [0.4, 0.5) is 5.69 Å². The number of amides is 1. The molecule has 0 saturated heterocycles. The molecular formula is C21H20ClN3O4. The minimum atomic E-state index is -1.01. The predicted molar refractivity (Wildman–Crippen MR) is 111 cm³/mol. The van der Waals surface area contributed by atoms with E-state index in [1.807, 2.05) is 6.92 Å². The van der Waals surface area contributed by atoms with E-state index in [9.17, 15) is 14.4 Å². The minimum absolute atomic E-state index is 0.164. The maximum atomic E-state index is 12.5. The average molecular weight is 414 g/mol. The Morgan fingerprint density at radius 1 is 1.21 bits per heavy atom. The number of aryl methyl sites for hydroxylation is 2. The summed E-state index contributed by atoms with van der Waals surface area (Å²) < 4.78 is 6.87. The van der Waals surface area contributed by atoms with E-state index in [4.69, 9.17) is 16.3 Å². The lowest BCUT2D eigenvalue weighted by Crippen LogP contribution is -2.30. The summed E-state index contributed by atoms with van der Waals surface area (Å²) in [5, 5.41) is 3.21. The molecule has 3 rings (SSSR count). The number of fused-ring (bicyclic) bond motifs is 1. The molecule has 1 atom stereocenters. The average Bonchev–Trinajstić information content (AvgIpc) is 2.70. The van der Waals surface area contributed by atoms with Crippen molar-refractivity contribution < 1.29 is 14.3 Å². The molecule has 0 radical (unpaired) electrons. The lowest BCUT2D eigenvalue weighted by Gasteiger charge is -2.14. The van der Waals surface area contributed by atoms with Crippen molar-refractivity contribution in [3.05, 3.63) is 69.1 Å². The Morgan fingerprint density at radius 2 is 1.90 bits per heavy atom. The van der Waals surface area contributed by atoms with E-state index in [2.05, 4.69) is 10.3 Å². The van der Waals surface area contributed by atoms with Gasteiger partial charge in [0.2, 0.25) is 0 Å². The van der Waals surface area contributed by atoms with Gasteiger partial charge in [0.25, 0.3) is 11.5 Å². The lowest BCUT2D eigenvalue weighted by molar-refractivity contribution is -0.123. The van der Waals surface area contributed by atoms with Crippen LogP contribution >= 0.6 is 11.6 Å². The summed E-state index contributed by atoms with van der Waals surface area (Å²) in [5.41, 5.74) is 2.12. The van der Waals surface area contributed by atoms with Gasteiger partial charge in [0.15, 0.2) is 6.10 Å². The van der Waals surface area contributed by atoms with Crippen LogP contribution in [0, 0.1) is 6.92 Å². The summed E-state index contributed by atoms with van der Waals surface area (Å²) in [5.74, 6) is -1.12. The summed E-state index contributed by atoms with van der Waals surface area (Å²) >= 11 is 5.82. The number of nitrogens with zero attached hydrogens (tertiary/aromatic N) is 2. The maximum absolute atomic E-state index is 12.5. The smallest absolute Gasteiger partial charge is 0.338 e. The molecule has 0 fully saturated rings. The fourth-order valence-corrected chi connectivity index (χ4v) is 3.00. The highest BCUT2D eigenvalue weighted by Gasteiger charge is 2.20. The molecule has 29 heavy (non-hydrogen) atoms. The van der Waals surface area contributed by atoms with E-state index in [-0.39, 0.29) is 11.1 Å². The van der Waals surface area contributed by atoms with Crippen LogP contribution in [-0.2, 0) is 16.1 Å². The number of aromatic nitrogens is 2. The third-order valence-electron chi connectivity index (χ3n) is 4.43. The summed E-state index contributed by atoms with van der Waals surface area (Å²) in [6.07, 6.45) is -1.01. The van der Waals surface area contributed by atoms with Crippen molar-refractivity contribution in [3.8, 4) is 0 Å². The third-order valence-corrected chi connectivity index (χ3v) is 4.68. The molecule has 7 nitrogen and oxygen atoms in total. The normalized spacial score (nSPS) is 11.9. The van der Waals surface area contributed by atoms with E-state index in [1.165, 1.54) is 6.92 Å². The van der Waals surface area contributed by atoms with Crippen LogP contribution in [0.15, 0.2) is 47.3 Å². The van der Waals surface area contributed by atoms with E-state index < -0.39 is 18.0 Å². The van der Waals surface area contributed by atoms with E-state index in [1.54, 1.807) is 54.0 Å². The number of nitrogens with one attached hydrogen (secondary N) is 1. The topological polar surface area (TPSA) is 90.3 Å². The molecule has 2 aromatic carbocycles. The second kappa shape index (κ2) is 8.45. The Labute approximate surface area is 172 Å². The van der Waals surface area contributed by atoms with Crippen molar-refractivity contribution in [3.63, 3.8) is 0 Å². The van der Waals surface area contributed by atoms with Gasteiger partial charge in [-0.1, -0.05) is 11.6 Å². The zero-order valence-corrected chi connectivity index (χ0v) is 17.0.